The van der Waals surface area contributed by atoms with Gasteiger partial charge in [-0.15, -0.1) is 0 Å². The summed E-state index contributed by atoms with van der Waals surface area (Å²) in [6.45, 7) is 0.848. The van der Waals surface area contributed by atoms with Gasteiger partial charge in [0.15, 0.2) is 11.6 Å². The second-order valence-electron chi connectivity index (χ2n) is 4.70. The van der Waals surface area contributed by atoms with Gasteiger partial charge in [-0.25, -0.2) is 22.3 Å². The van der Waals surface area contributed by atoms with Crippen molar-refractivity contribution in [3.8, 4) is 0 Å². The Morgan fingerprint density at radius 1 is 1.38 bits per heavy atom. The molecule has 1 saturated heterocycles. The summed E-state index contributed by atoms with van der Waals surface area (Å²) in [5.74, 6) is -3.78. The Kier molecular flexibility index (Phi) is 4.55. The number of nitrogens with one attached hydrogen (secondary N) is 1. The molecule has 1 unspecified atom stereocenters. The van der Waals surface area contributed by atoms with Crippen molar-refractivity contribution in [1.29, 1.82) is 0 Å². The van der Waals surface area contributed by atoms with Crippen molar-refractivity contribution in [1.82, 2.24) is 5.32 Å². The van der Waals surface area contributed by atoms with E-state index in [1.54, 1.807) is 0 Å². The Bertz CT molecular complexity index is 657. The van der Waals surface area contributed by atoms with Crippen LogP contribution in [0.4, 0.5) is 8.78 Å². The van der Waals surface area contributed by atoms with Gasteiger partial charge in [-0.1, -0.05) is 0 Å². The summed E-state index contributed by atoms with van der Waals surface area (Å²) in [4.78, 5) is 11.3. The zero-order valence-electron chi connectivity index (χ0n) is 10.9. The predicted molar refractivity (Wildman–Crippen MR) is 69.0 cm³/mol. The number of carbonyl (C=O) groups excluding carboxylic acids is 1. The number of hydrogen-bond acceptors (Lipinski definition) is 4. The predicted octanol–water partition coefficient (Wildman–Crippen LogP) is 0.521. The SMILES string of the molecule is NS(=O)(=O)c1cc(F)c(F)c(C(=O)NC2CCCOC2)c1. The summed E-state index contributed by atoms with van der Waals surface area (Å²) < 4.78 is 54.6. The van der Waals surface area contributed by atoms with Crippen molar-refractivity contribution in [2.75, 3.05) is 13.2 Å². The van der Waals surface area contributed by atoms with Crippen LogP contribution in [0.15, 0.2) is 17.0 Å². The Labute approximate surface area is 120 Å². The largest absolute Gasteiger partial charge is 0.379 e. The van der Waals surface area contributed by atoms with E-state index in [9.17, 15) is 22.0 Å². The molecule has 1 aromatic rings. The average Bonchev–Trinajstić information content (AvgIpc) is 2.41. The maximum Gasteiger partial charge on any atom is 0.254 e. The van der Waals surface area contributed by atoms with Gasteiger partial charge < -0.3 is 10.1 Å². The van der Waals surface area contributed by atoms with Crippen LogP contribution in [0.1, 0.15) is 23.2 Å². The number of carbonyl (C=O) groups is 1. The highest BCUT2D eigenvalue weighted by Gasteiger charge is 2.23. The van der Waals surface area contributed by atoms with Crippen LogP contribution in [0.3, 0.4) is 0 Å². The summed E-state index contributed by atoms with van der Waals surface area (Å²) in [6.07, 6.45) is 1.38. The highest BCUT2D eigenvalue weighted by Crippen LogP contribution is 2.18. The van der Waals surface area contributed by atoms with E-state index in [4.69, 9.17) is 9.88 Å². The summed E-state index contributed by atoms with van der Waals surface area (Å²) in [5.41, 5.74) is -0.704. The molecule has 116 valence electrons. The summed E-state index contributed by atoms with van der Waals surface area (Å²) >= 11 is 0. The molecule has 1 amide bonds. The molecule has 3 N–H and O–H groups in total. The maximum absolute atomic E-state index is 13.7. The normalized spacial score (nSPS) is 19.3. The van der Waals surface area contributed by atoms with Crippen LogP contribution in [-0.2, 0) is 14.8 Å². The van der Waals surface area contributed by atoms with E-state index >= 15 is 0 Å². The van der Waals surface area contributed by atoms with Crippen molar-refractivity contribution in [2.45, 2.75) is 23.8 Å². The first-order valence-electron chi connectivity index (χ1n) is 6.19. The molecule has 2 rings (SSSR count). The molecule has 21 heavy (non-hydrogen) atoms. The first-order chi connectivity index (χ1) is 9.79. The lowest BCUT2D eigenvalue weighted by Gasteiger charge is -2.23. The van der Waals surface area contributed by atoms with Crippen molar-refractivity contribution < 1.29 is 26.7 Å². The Hall–Kier alpha value is -1.58. The van der Waals surface area contributed by atoms with Crippen LogP contribution in [0.2, 0.25) is 0 Å². The third kappa shape index (κ3) is 3.74. The monoisotopic (exact) mass is 320 g/mol. The highest BCUT2D eigenvalue weighted by atomic mass is 32.2. The molecule has 9 heteroatoms. The minimum Gasteiger partial charge on any atom is -0.379 e. The molecule has 1 heterocycles. The maximum atomic E-state index is 13.7. The van der Waals surface area contributed by atoms with Crippen molar-refractivity contribution >= 4 is 15.9 Å². The molecule has 1 aliphatic rings. The lowest BCUT2D eigenvalue weighted by atomic mass is 10.1. The van der Waals surface area contributed by atoms with Gasteiger partial charge in [0.05, 0.1) is 23.1 Å². The summed E-state index contributed by atoms with van der Waals surface area (Å²) in [5, 5.41) is 7.34. The van der Waals surface area contributed by atoms with Gasteiger partial charge in [0.2, 0.25) is 10.0 Å². The average molecular weight is 320 g/mol. The van der Waals surface area contributed by atoms with E-state index < -0.39 is 38.0 Å². The molecule has 0 aliphatic carbocycles. The lowest BCUT2D eigenvalue weighted by molar-refractivity contribution is 0.0622. The Morgan fingerprint density at radius 3 is 2.67 bits per heavy atom. The zero-order valence-corrected chi connectivity index (χ0v) is 11.8. The second-order valence-corrected chi connectivity index (χ2v) is 6.26. The van der Waals surface area contributed by atoms with E-state index in [0.29, 0.717) is 25.2 Å². The minimum absolute atomic E-state index is 0.269. The zero-order chi connectivity index (χ0) is 15.6. The molecule has 1 aliphatic heterocycles. The molecule has 1 aromatic carbocycles. The van der Waals surface area contributed by atoms with Gasteiger partial charge in [-0.05, 0) is 25.0 Å². The lowest BCUT2D eigenvalue weighted by Crippen LogP contribution is -2.41. The number of ether oxygens (including phenoxy) is 1. The van der Waals surface area contributed by atoms with E-state index in [-0.39, 0.29) is 12.6 Å². The second kappa shape index (κ2) is 6.04. The standard InChI is InChI=1S/C12H14F2N2O4S/c13-10-5-8(21(15,18)19)4-9(11(10)14)12(17)16-7-2-1-3-20-6-7/h4-5,7H,1-3,6H2,(H,16,17)(H2,15,18,19). The van der Waals surface area contributed by atoms with Gasteiger partial charge in [0.1, 0.15) is 0 Å². The fraction of sp³-hybridized carbons (Fsp3) is 0.417. The van der Waals surface area contributed by atoms with Gasteiger partial charge in [0.25, 0.3) is 5.91 Å². The Balaban J connectivity index is 2.29. The van der Waals surface area contributed by atoms with E-state index in [2.05, 4.69) is 5.32 Å². The molecule has 1 fully saturated rings. The number of hydrogen-bond donors (Lipinski definition) is 2. The third-order valence-electron chi connectivity index (χ3n) is 3.07. The molecule has 0 bridgehead atoms. The number of primary sulfonamides is 1. The molecule has 0 aromatic heterocycles. The highest BCUT2D eigenvalue weighted by molar-refractivity contribution is 7.89. The van der Waals surface area contributed by atoms with Crippen LogP contribution in [0, 0.1) is 11.6 Å². The van der Waals surface area contributed by atoms with Crippen LogP contribution < -0.4 is 10.5 Å². The molecule has 6 nitrogen and oxygen atoms in total. The fourth-order valence-electron chi connectivity index (χ4n) is 2.01. The van der Waals surface area contributed by atoms with Crippen molar-refractivity contribution in [2.24, 2.45) is 5.14 Å². The van der Waals surface area contributed by atoms with Crippen molar-refractivity contribution in [3.05, 3.63) is 29.3 Å². The first kappa shape index (κ1) is 15.8. The topological polar surface area (TPSA) is 98.5 Å². The number of sulfonamides is 1. The fourth-order valence-corrected chi connectivity index (χ4v) is 2.56. The summed E-state index contributed by atoms with van der Waals surface area (Å²) in [7, 11) is -4.24. The van der Waals surface area contributed by atoms with Crippen LogP contribution >= 0.6 is 0 Å². The van der Waals surface area contributed by atoms with Crippen LogP contribution in [0.25, 0.3) is 0 Å². The third-order valence-corrected chi connectivity index (χ3v) is 3.96. The molecule has 0 radical (unpaired) electrons. The molecule has 0 saturated carbocycles. The summed E-state index contributed by atoms with van der Waals surface area (Å²) in [6, 6.07) is 0.824. The van der Waals surface area contributed by atoms with E-state index in [1.165, 1.54) is 0 Å². The number of rotatable bonds is 3. The van der Waals surface area contributed by atoms with Crippen molar-refractivity contribution in [3.63, 3.8) is 0 Å². The van der Waals surface area contributed by atoms with Gasteiger partial charge in [0, 0.05) is 6.61 Å². The van der Waals surface area contributed by atoms with Gasteiger partial charge in [-0.2, -0.15) is 0 Å². The molecule has 1 atom stereocenters. The smallest absolute Gasteiger partial charge is 0.254 e. The quantitative estimate of drug-likeness (QED) is 0.848. The van der Waals surface area contributed by atoms with Crippen LogP contribution in [0.5, 0.6) is 0 Å². The molecular weight excluding hydrogens is 306 g/mol. The number of halogens is 2. The van der Waals surface area contributed by atoms with Gasteiger partial charge in [-0.3, -0.25) is 4.79 Å². The Morgan fingerprint density at radius 2 is 2.10 bits per heavy atom. The number of amides is 1. The van der Waals surface area contributed by atoms with Crippen LogP contribution in [-0.4, -0.2) is 33.6 Å². The minimum atomic E-state index is -4.24. The van der Waals surface area contributed by atoms with Gasteiger partial charge >= 0.3 is 0 Å². The molecular formula is C12H14F2N2O4S. The number of benzene rings is 1. The number of nitrogens with two attached hydrogens (primary N) is 1. The van der Waals surface area contributed by atoms with E-state index in [0.717, 1.165) is 6.42 Å². The first-order valence-corrected chi connectivity index (χ1v) is 7.74. The molecule has 0 spiro atoms. The van der Waals surface area contributed by atoms with E-state index in [1.807, 2.05) is 0 Å².